The van der Waals surface area contributed by atoms with Gasteiger partial charge in [-0.1, -0.05) is 12.1 Å². The number of thiazole rings is 1. The van der Waals surface area contributed by atoms with E-state index in [2.05, 4.69) is 4.98 Å². The molecule has 1 heterocycles. The summed E-state index contributed by atoms with van der Waals surface area (Å²) in [6, 6.07) is 8.00. The summed E-state index contributed by atoms with van der Waals surface area (Å²) in [5.41, 5.74) is 2.02. The van der Waals surface area contributed by atoms with Gasteiger partial charge in [0.1, 0.15) is 11.4 Å². The zero-order valence-corrected chi connectivity index (χ0v) is 12.1. The number of methoxy groups -OCH3 is 3. The van der Waals surface area contributed by atoms with E-state index in [1.54, 1.807) is 32.7 Å². The molecule has 0 saturated carbocycles. The minimum Gasteiger partial charge on any atom is -0.497 e. The molecular formula is C14H17NO3S. The summed E-state index contributed by atoms with van der Waals surface area (Å²) in [7, 11) is 4.88. The van der Waals surface area contributed by atoms with Gasteiger partial charge in [-0.15, -0.1) is 11.3 Å². The summed E-state index contributed by atoms with van der Waals surface area (Å²) in [5, 5.41) is 3.01. The molecule has 0 amide bonds. The number of rotatable bonds is 6. The molecule has 0 aliphatic carbocycles. The molecule has 2 aromatic rings. The molecule has 0 saturated heterocycles. The van der Waals surface area contributed by atoms with Crippen LogP contribution in [-0.2, 0) is 15.9 Å². The molecule has 0 N–H and O–H groups in total. The van der Waals surface area contributed by atoms with Crippen molar-refractivity contribution < 1.29 is 14.2 Å². The van der Waals surface area contributed by atoms with Crippen LogP contribution in [0, 0.1) is 0 Å². The zero-order valence-electron chi connectivity index (χ0n) is 11.3. The molecule has 0 radical (unpaired) electrons. The van der Waals surface area contributed by atoms with Crippen molar-refractivity contribution in [2.24, 2.45) is 0 Å². The second-order valence-corrected chi connectivity index (χ2v) is 4.94. The Morgan fingerprint density at radius 2 is 1.79 bits per heavy atom. The van der Waals surface area contributed by atoms with Gasteiger partial charge >= 0.3 is 0 Å². The highest BCUT2D eigenvalue weighted by Gasteiger charge is 2.13. The Labute approximate surface area is 117 Å². The van der Waals surface area contributed by atoms with Crippen molar-refractivity contribution >= 4 is 11.3 Å². The van der Waals surface area contributed by atoms with Crippen LogP contribution in [0.15, 0.2) is 29.6 Å². The number of hydrogen-bond acceptors (Lipinski definition) is 5. The van der Waals surface area contributed by atoms with Crippen LogP contribution in [0.1, 0.15) is 22.6 Å². The number of hydrogen-bond donors (Lipinski definition) is 0. The van der Waals surface area contributed by atoms with Crippen molar-refractivity contribution in [3.8, 4) is 5.75 Å². The molecule has 2 rings (SSSR count). The molecule has 0 atom stereocenters. The monoisotopic (exact) mass is 279 g/mol. The molecule has 0 fully saturated rings. The van der Waals surface area contributed by atoms with Gasteiger partial charge < -0.3 is 14.2 Å². The fourth-order valence-electron chi connectivity index (χ4n) is 1.77. The lowest BCUT2D eigenvalue weighted by Gasteiger charge is -2.09. The van der Waals surface area contributed by atoms with Gasteiger partial charge in [-0.25, -0.2) is 4.98 Å². The highest BCUT2D eigenvalue weighted by Crippen LogP contribution is 2.22. The Kier molecular flexibility index (Phi) is 4.90. The zero-order chi connectivity index (χ0) is 13.7. The van der Waals surface area contributed by atoms with E-state index >= 15 is 0 Å². The Bertz CT molecular complexity index is 506. The average molecular weight is 279 g/mol. The molecular weight excluding hydrogens is 262 g/mol. The highest BCUT2D eigenvalue weighted by atomic mass is 32.1. The van der Waals surface area contributed by atoms with Crippen LogP contribution in [0.5, 0.6) is 5.75 Å². The lowest BCUT2D eigenvalue weighted by molar-refractivity contribution is -0.108. The van der Waals surface area contributed by atoms with Crippen molar-refractivity contribution in [1.29, 1.82) is 0 Å². The van der Waals surface area contributed by atoms with E-state index in [0.717, 1.165) is 22.9 Å². The van der Waals surface area contributed by atoms with Crippen molar-refractivity contribution in [2.45, 2.75) is 12.7 Å². The van der Waals surface area contributed by atoms with Crippen LogP contribution in [0.4, 0.5) is 0 Å². The van der Waals surface area contributed by atoms with Gasteiger partial charge in [-0.3, -0.25) is 0 Å². The van der Waals surface area contributed by atoms with Gasteiger partial charge in [-0.05, 0) is 17.7 Å². The summed E-state index contributed by atoms with van der Waals surface area (Å²) in [6.07, 6.45) is 0.412. The first kappa shape index (κ1) is 14.0. The first-order valence-corrected chi connectivity index (χ1v) is 6.77. The number of ether oxygens (including phenoxy) is 3. The van der Waals surface area contributed by atoms with E-state index < -0.39 is 0 Å². The third-order valence-electron chi connectivity index (χ3n) is 2.75. The van der Waals surface area contributed by atoms with E-state index in [9.17, 15) is 0 Å². The van der Waals surface area contributed by atoms with Gasteiger partial charge in [0.05, 0.1) is 12.1 Å². The summed E-state index contributed by atoms with van der Waals surface area (Å²) >= 11 is 1.61. The molecule has 0 unspecified atom stereocenters. The standard InChI is InChI=1S/C14H17NO3S/c1-16-11-6-4-10(5-7-11)8-13-15-12(9-19-13)14(17-2)18-3/h4-7,9,14H,8H2,1-3H3. The fourth-order valence-corrected chi connectivity index (χ4v) is 2.60. The maximum absolute atomic E-state index is 5.18. The Hall–Kier alpha value is -1.43. The van der Waals surface area contributed by atoms with Gasteiger partial charge in [0.25, 0.3) is 0 Å². The van der Waals surface area contributed by atoms with E-state index in [1.165, 1.54) is 5.56 Å². The third kappa shape index (κ3) is 3.53. The predicted octanol–water partition coefficient (Wildman–Crippen LogP) is 3.03. The van der Waals surface area contributed by atoms with Gasteiger partial charge in [0.15, 0.2) is 0 Å². The summed E-state index contributed by atoms with van der Waals surface area (Å²) in [6.45, 7) is 0. The molecule has 102 valence electrons. The third-order valence-corrected chi connectivity index (χ3v) is 3.62. The minimum absolute atomic E-state index is 0.388. The Balaban J connectivity index is 2.06. The number of benzene rings is 1. The second-order valence-electron chi connectivity index (χ2n) is 3.99. The van der Waals surface area contributed by atoms with E-state index in [4.69, 9.17) is 14.2 Å². The van der Waals surface area contributed by atoms with Crippen LogP contribution in [-0.4, -0.2) is 26.3 Å². The molecule has 1 aromatic carbocycles. The summed E-state index contributed by atoms with van der Waals surface area (Å²) in [4.78, 5) is 4.53. The molecule has 19 heavy (non-hydrogen) atoms. The van der Waals surface area contributed by atoms with Crippen LogP contribution in [0.25, 0.3) is 0 Å². The smallest absolute Gasteiger partial charge is 0.201 e. The van der Waals surface area contributed by atoms with Crippen LogP contribution >= 0.6 is 11.3 Å². The van der Waals surface area contributed by atoms with E-state index in [-0.39, 0.29) is 6.29 Å². The summed E-state index contributed by atoms with van der Waals surface area (Å²) in [5.74, 6) is 0.863. The molecule has 0 aliphatic heterocycles. The predicted molar refractivity (Wildman–Crippen MR) is 74.7 cm³/mol. The van der Waals surface area contributed by atoms with Crippen molar-refractivity contribution in [3.63, 3.8) is 0 Å². The Morgan fingerprint density at radius 1 is 1.11 bits per heavy atom. The van der Waals surface area contributed by atoms with Crippen LogP contribution < -0.4 is 4.74 Å². The normalized spacial score (nSPS) is 10.9. The molecule has 5 heteroatoms. The lowest BCUT2D eigenvalue weighted by atomic mass is 10.1. The first-order chi connectivity index (χ1) is 9.26. The number of nitrogens with zero attached hydrogens (tertiary/aromatic N) is 1. The van der Waals surface area contributed by atoms with Crippen molar-refractivity contribution in [1.82, 2.24) is 4.98 Å². The lowest BCUT2D eigenvalue weighted by Crippen LogP contribution is -2.04. The summed E-state index contributed by atoms with van der Waals surface area (Å²) < 4.78 is 15.5. The first-order valence-electron chi connectivity index (χ1n) is 5.89. The van der Waals surface area contributed by atoms with Gasteiger partial charge in [0, 0.05) is 26.0 Å². The van der Waals surface area contributed by atoms with Crippen molar-refractivity contribution in [2.75, 3.05) is 21.3 Å². The maximum Gasteiger partial charge on any atom is 0.201 e. The Morgan fingerprint density at radius 3 is 2.37 bits per heavy atom. The largest absolute Gasteiger partial charge is 0.497 e. The van der Waals surface area contributed by atoms with Crippen molar-refractivity contribution in [3.05, 3.63) is 45.9 Å². The minimum atomic E-state index is -0.388. The molecule has 1 aromatic heterocycles. The average Bonchev–Trinajstić information content (AvgIpc) is 2.89. The highest BCUT2D eigenvalue weighted by molar-refractivity contribution is 7.09. The molecule has 0 aliphatic rings. The van der Waals surface area contributed by atoms with E-state index in [0.29, 0.717) is 0 Å². The van der Waals surface area contributed by atoms with Gasteiger partial charge in [-0.2, -0.15) is 0 Å². The quantitative estimate of drug-likeness (QED) is 0.762. The molecule has 4 nitrogen and oxygen atoms in total. The van der Waals surface area contributed by atoms with Gasteiger partial charge in [0.2, 0.25) is 6.29 Å². The van der Waals surface area contributed by atoms with E-state index in [1.807, 2.05) is 29.6 Å². The molecule has 0 bridgehead atoms. The second kappa shape index (κ2) is 6.65. The maximum atomic E-state index is 5.18. The fraction of sp³-hybridized carbons (Fsp3) is 0.357. The van der Waals surface area contributed by atoms with Crippen LogP contribution in [0.2, 0.25) is 0 Å². The molecule has 0 spiro atoms. The SMILES string of the molecule is COc1ccc(Cc2nc(C(OC)OC)cs2)cc1. The number of aromatic nitrogens is 1. The van der Waals surface area contributed by atoms with Crippen LogP contribution in [0.3, 0.4) is 0 Å². The topological polar surface area (TPSA) is 40.6 Å².